The molecule has 3 N–H and O–H groups in total. The Labute approximate surface area is 76.1 Å². The van der Waals surface area contributed by atoms with Crippen molar-refractivity contribution in [2.24, 2.45) is 5.84 Å². The number of hydrogen-bond donors (Lipinski definition) is 2. The summed E-state index contributed by atoms with van der Waals surface area (Å²) in [5.74, 6) is 6.03. The second-order valence-electron chi connectivity index (χ2n) is 2.23. The zero-order valence-electron chi connectivity index (χ0n) is 7.36. The Morgan fingerprint density at radius 2 is 2.31 bits per heavy atom. The van der Waals surface area contributed by atoms with Gasteiger partial charge < -0.3 is 14.9 Å². The molecule has 0 spiro atoms. The van der Waals surface area contributed by atoms with Crippen molar-refractivity contribution in [3.8, 4) is 5.88 Å². The molecule has 1 aromatic rings. The summed E-state index contributed by atoms with van der Waals surface area (Å²) in [5.41, 5.74) is 2.37. The SMILES string of the molecule is COCCOc1cncc(NN)n1. The zero-order chi connectivity index (χ0) is 9.52. The summed E-state index contributed by atoms with van der Waals surface area (Å²) >= 11 is 0. The Balaban J connectivity index is 2.46. The van der Waals surface area contributed by atoms with Crippen LogP contribution in [0.5, 0.6) is 5.88 Å². The van der Waals surface area contributed by atoms with Gasteiger partial charge in [0, 0.05) is 7.11 Å². The molecule has 1 heterocycles. The second-order valence-corrected chi connectivity index (χ2v) is 2.23. The van der Waals surface area contributed by atoms with Crippen LogP contribution in [0.4, 0.5) is 5.82 Å². The van der Waals surface area contributed by atoms with Crippen LogP contribution in [-0.4, -0.2) is 30.3 Å². The van der Waals surface area contributed by atoms with Crippen LogP contribution in [-0.2, 0) is 4.74 Å². The average molecular weight is 184 g/mol. The molecule has 6 nitrogen and oxygen atoms in total. The average Bonchev–Trinajstić information content (AvgIpc) is 2.19. The summed E-state index contributed by atoms with van der Waals surface area (Å²) in [4.78, 5) is 7.85. The summed E-state index contributed by atoms with van der Waals surface area (Å²) in [6.45, 7) is 0.959. The highest BCUT2D eigenvalue weighted by atomic mass is 16.5. The molecule has 0 radical (unpaired) electrons. The quantitative estimate of drug-likeness (QED) is 0.374. The van der Waals surface area contributed by atoms with Gasteiger partial charge in [-0.25, -0.2) is 5.84 Å². The van der Waals surface area contributed by atoms with Gasteiger partial charge in [-0.15, -0.1) is 0 Å². The molecule has 0 aliphatic rings. The maximum Gasteiger partial charge on any atom is 0.234 e. The summed E-state index contributed by atoms with van der Waals surface area (Å²) in [7, 11) is 1.60. The highest BCUT2D eigenvalue weighted by molar-refractivity contribution is 5.31. The first-order valence-corrected chi connectivity index (χ1v) is 3.77. The van der Waals surface area contributed by atoms with Crippen molar-refractivity contribution < 1.29 is 9.47 Å². The molecule has 0 saturated carbocycles. The maximum absolute atomic E-state index is 5.19. The van der Waals surface area contributed by atoms with Gasteiger partial charge in [-0.1, -0.05) is 0 Å². The van der Waals surface area contributed by atoms with E-state index in [1.54, 1.807) is 7.11 Å². The number of rotatable bonds is 5. The lowest BCUT2D eigenvalue weighted by atomic mass is 10.6. The van der Waals surface area contributed by atoms with Gasteiger partial charge in [-0.2, -0.15) is 4.98 Å². The lowest BCUT2D eigenvalue weighted by molar-refractivity contribution is 0.143. The molecule has 0 unspecified atom stereocenters. The third kappa shape index (κ3) is 3.22. The number of anilines is 1. The molecule has 1 aromatic heterocycles. The van der Waals surface area contributed by atoms with Gasteiger partial charge in [0.15, 0.2) is 5.82 Å². The Kier molecular flexibility index (Phi) is 3.94. The molecule has 0 aromatic carbocycles. The Hall–Kier alpha value is -1.40. The fraction of sp³-hybridized carbons (Fsp3) is 0.429. The number of hydrogen-bond acceptors (Lipinski definition) is 6. The van der Waals surface area contributed by atoms with Gasteiger partial charge in [0.1, 0.15) is 6.61 Å². The third-order valence-corrected chi connectivity index (χ3v) is 1.30. The van der Waals surface area contributed by atoms with Crippen molar-refractivity contribution in [2.75, 3.05) is 25.7 Å². The molecule has 72 valence electrons. The van der Waals surface area contributed by atoms with Crippen molar-refractivity contribution in [3.05, 3.63) is 12.4 Å². The van der Waals surface area contributed by atoms with E-state index in [0.717, 1.165) is 0 Å². The van der Waals surface area contributed by atoms with Gasteiger partial charge in [0.05, 0.1) is 19.0 Å². The van der Waals surface area contributed by atoms with E-state index < -0.39 is 0 Å². The summed E-state index contributed by atoms with van der Waals surface area (Å²) in [6, 6.07) is 0. The lowest BCUT2D eigenvalue weighted by Crippen LogP contribution is -2.10. The van der Waals surface area contributed by atoms with Gasteiger partial charge in [-0.3, -0.25) is 4.98 Å². The summed E-state index contributed by atoms with van der Waals surface area (Å²) in [6.07, 6.45) is 3.01. The predicted molar refractivity (Wildman–Crippen MR) is 47.2 cm³/mol. The molecule has 1 rings (SSSR count). The topological polar surface area (TPSA) is 82.3 Å². The first-order valence-electron chi connectivity index (χ1n) is 3.77. The van der Waals surface area contributed by atoms with Crippen LogP contribution in [0.3, 0.4) is 0 Å². The van der Waals surface area contributed by atoms with E-state index in [1.807, 2.05) is 0 Å². The fourth-order valence-electron chi connectivity index (χ4n) is 0.717. The Bertz CT molecular complexity index is 256. The van der Waals surface area contributed by atoms with E-state index in [9.17, 15) is 0 Å². The van der Waals surface area contributed by atoms with Gasteiger partial charge in [-0.05, 0) is 0 Å². The second kappa shape index (κ2) is 5.28. The maximum atomic E-state index is 5.19. The molecule has 0 aliphatic carbocycles. The molecule has 0 fully saturated rings. The number of methoxy groups -OCH3 is 1. The summed E-state index contributed by atoms with van der Waals surface area (Å²) in [5, 5.41) is 0. The number of aromatic nitrogens is 2. The molecule has 6 heteroatoms. The fourth-order valence-corrected chi connectivity index (χ4v) is 0.717. The van der Waals surface area contributed by atoms with Crippen molar-refractivity contribution in [3.63, 3.8) is 0 Å². The third-order valence-electron chi connectivity index (χ3n) is 1.30. The molecule has 0 atom stereocenters. The molecular weight excluding hydrogens is 172 g/mol. The van der Waals surface area contributed by atoms with Crippen molar-refractivity contribution >= 4 is 5.82 Å². The summed E-state index contributed by atoms with van der Waals surface area (Å²) < 4.78 is 10.0. The first-order chi connectivity index (χ1) is 6.36. The number of nitrogens with zero attached hydrogens (tertiary/aromatic N) is 2. The highest BCUT2D eigenvalue weighted by Gasteiger charge is 1.97. The normalized spacial score (nSPS) is 9.69. The van der Waals surface area contributed by atoms with Crippen molar-refractivity contribution in [1.29, 1.82) is 0 Å². The van der Waals surface area contributed by atoms with Crippen molar-refractivity contribution in [2.45, 2.75) is 0 Å². The van der Waals surface area contributed by atoms with Crippen LogP contribution in [0, 0.1) is 0 Å². The van der Waals surface area contributed by atoms with E-state index in [2.05, 4.69) is 15.4 Å². The minimum Gasteiger partial charge on any atom is -0.474 e. The molecule has 0 bridgehead atoms. The molecule has 13 heavy (non-hydrogen) atoms. The van der Waals surface area contributed by atoms with Gasteiger partial charge >= 0.3 is 0 Å². The molecule has 0 aliphatic heterocycles. The Morgan fingerprint density at radius 3 is 3.00 bits per heavy atom. The first kappa shape index (κ1) is 9.69. The van der Waals surface area contributed by atoms with Crippen LogP contribution in [0.15, 0.2) is 12.4 Å². The molecule has 0 amide bonds. The number of hydrazine groups is 1. The number of nitrogens with two attached hydrogens (primary N) is 1. The van der Waals surface area contributed by atoms with Crippen LogP contribution >= 0.6 is 0 Å². The largest absolute Gasteiger partial charge is 0.474 e. The van der Waals surface area contributed by atoms with Crippen LogP contribution in [0.25, 0.3) is 0 Å². The minimum absolute atomic E-state index is 0.424. The van der Waals surface area contributed by atoms with Crippen molar-refractivity contribution in [1.82, 2.24) is 9.97 Å². The smallest absolute Gasteiger partial charge is 0.234 e. The Morgan fingerprint density at radius 1 is 1.46 bits per heavy atom. The van der Waals surface area contributed by atoms with Gasteiger partial charge in [0.2, 0.25) is 5.88 Å². The lowest BCUT2D eigenvalue weighted by Gasteiger charge is -2.04. The van der Waals surface area contributed by atoms with Crippen LogP contribution < -0.4 is 16.0 Å². The van der Waals surface area contributed by atoms with E-state index in [4.69, 9.17) is 15.3 Å². The monoisotopic (exact) mass is 184 g/mol. The highest BCUT2D eigenvalue weighted by Crippen LogP contribution is 2.06. The molecular formula is C7H12N4O2. The number of ether oxygens (including phenoxy) is 2. The number of nitrogen functional groups attached to an aromatic ring is 1. The van der Waals surface area contributed by atoms with Gasteiger partial charge in [0.25, 0.3) is 0 Å². The van der Waals surface area contributed by atoms with E-state index in [-0.39, 0.29) is 0 Å². The van der Waals surface area contributed by atoms with E-state index >= 15 is 0 Å². The van der Waals surface area contributed by atoms with Crippen LogP contribution in [0.1, 0.15) is 0 Å². The zero-order valence-corrected chi connectivity index (χ0v) is 7.36. The predicted octanol–water partition coefficient (Wildman–Crippen LogP) is -0.213. The number of nitrogens with one attached hydrogen (secondary N) is 1. The van der Waals surface area contributed by atoms with E-state index in [1.165, 1.54) is 12.4 Å². The van der Waals surface area contributed by atoms with Crippen LogP contribution in [0.2, 0.25) is 0 Å². The molecule has 0 saturated heterocycles. The minimum atomic E-state index is 0.424. The standard InChI is InChI=1S/C7H12N4O2/c1-12-2-3-13-7-5-9-4-6(10-7)11-8/h4-5H,2-3,8H2,1H3,(H,10,11). The van der Waals surface area contributed by atoms with E-state index in [0.29, 0.717) is 24.9 Å².